The van der Waals surface area contributed by atoms with Gasteiger partial charge in [-0.2, -0.15) is 0 Å². The Bertz CT molecular complexity index is 439. The van der Waals surface area contributed by atoms with Crippen molar-refractivity contribution in [2.75, 3.05) is 0 Å². The lowest BCUT2D eigenvalue weighted by molar-refractivity contribution is 0.903. The van der Waals surface area contributed by atoms with Crippen molar-refractivity contribution in [1.29, 1.82) is 0 Å². The quantitative estimate of drug-likeness (QED) is 0.566. The molecule has 0 atom stereocenters. The number of nitrogens with zero attached hydrogens (tertiary/aromatic N) is 1. The minimum atomic E-state index is -0.623. The smallest absolute Gasteiger partial charge is 0.297 e. The van der Waals surface area contributed by atoms with E-state index in [1.165, 1.54) is 6.08 Å². The topological polar surface area (TPSA) is 54.9 Å². The predicted molar refractivity (Wildman–Crippen MR) is 51.9 cm³/mol. The van der Waals surface area contributed by atoms with Crippen molar-refractivity contribution in [1.82, 2.24) is 9.55 Å². The molecule has 1 aromatic heterocycles. The molecule has 0 aromatic carbocycles. The fraction of sp³-hybridized carbons (Fsp3) is 0. The summed E-state index contributed by atoms with van der Waals surface area (Å²) in [5.74, 6) is 0. The second kappa shape index (κ2) is 3.45. The zero-order valence-electron chi connectivity index (χ0n) is 6.71. The number of halogens is 1. The first-order valence-corrected chi connectivity index (χ1v) is 3.77. The van der Waals surface area contributed by atoms with Crippen LogP contribution in [0.25, 0.3) is 5.70 Å². The first-order valence-electron chi connectivity index (χ1n) is 3.40. The number of hydrogen-bond acceptors (Lipinski definition) is 2. The van der Waals surface area contributed by atoms with E-state index in [0.717, 1.165) is 10.6 Å². The van der Waals surface area contributed by atoms with Crippen molar-refractivity contribution >= 4 is 17.3 Å². The Balaban J connectivity index is 3.56. The van der Waals surface area contributed by atoms with E-state index in [4.69, 9.17) is 11.6 Å². The molecule has 4 nitrogen and oxygen atoms in total. The van der Waals surface area contributed by atoms with Crippen LogP contribution in [0.15, 0.2) is 34.9 Å². The molecule has 13 heavy (non-hydrogen) atoms. The molecule has 0 fully saturated rings. The summed E-state index contributed by atoms with van der Waals surface area (Å²) in [6.45, 7) is 6.87. The molecule has 1 rings (SSSR count). The van der Waals surface area contributed by atoms with Gasteiger partial charge in [0.15, 0.2) is 0 Å². The van der Waals surface area contributed by atoms with Crippen LogP contribution in [0.5, 0.6) is 0 Å². The van der Waals surface area contributed by atoms with Gasteiger partial charge in [0.05, 0.1) is 0 Å². The minimum absolute atomic E-state index is 0.00288. The van der Waals surface area contributed by atoms with Crippen LogP contribution in [0.2, 0.25) is 5.15 Å². The van der Waals surface area contributed by atoms with E-state index in [-0.39, 0.29) is 10.9 Å². The molecule has 0 bridgehead atoms. The number of nitrogens with one attached hydrogen (secondary N) is 1. The summed E-state index contributed by atoms with van der Waals surface area (Å²) < 4.78 is 0.846. The van der Waals surface area contributed by atoms with Crippen LogP contribution in [0.1, 0.15) is 0 Å². The van der Waals surface area contributed by atoms with Gasteiger partial charge in [-0.3, -0.25) is 9.78 Å². The molecule has 68 valence electrons. The average molecular weight is 199 g/mol. The van der Waals surface area contributed by atoms with E-state index in [0.29, 0.717) is 0 Å². The normalized spacial score (nSPS) is 9.62. The molecule has 0 aliphatic heterocycles. The zero-order chi connectivity index (χ0) is 10.0. The van der Waals surface area contributed by atoms with Gasteiger partial charge in [0.2, 0.25) is 0 Å². The van der Waals surface area contributed by atoms with Crippen LogP contribution in [-0.4, -0.2) is 9.55 Å². The molecule has 5 heteroatoms. The van der Waals surface area contributed by atoms with E-state index >= 15 is 0 Å². The maximum atomic E-state index is 11.2. The van der Waals surface area contributed by atoms with Crippen LogP contribution in [0.3, 0.4) is 0 Å². The number of H-pyrrole nitrogens is 1. The van der Waals surface area contributed by atoms with Crippen molar-refractivity contribution in [3.05, 3.63) is 51.3 Å². The Labute approximate surface area is 78.8 Å². The molecule has 0 aliphatic rings. The van der Waals surface area contributed by atoms with Gasteiger partial charge >= 0.3 is 5.69 Å². The van der Waals surface area contributed by atoms with Crippen LogP contribution < -0.4 is 11.2 Å². The van der Waals surface area contributed by atoms with Gasteiger partial charge in [-0.05, 0) is 6.08 Å². The highest BCUT2D eigenvalue weighted by molar-refractivity contribution is 6.29. The zero-order valence-corrected chi connectivity index (χ0v) is 7.47. The van der Waals surface area contributed by atoms with E-state index < -0.39 is 11.2 Å². The van der Waals surface area contributed by atoms with E-state index in [1.807, 2.05) is 0 Å². The molecule has 0 spiro atoms. The molecule has 0 aliphatic carbocycles. The first kappa shape index (κ1) is 9.54. The largest absolute Gasteiger partial charge is 0.334 e. The standard InChI is InChI=1S/C8H7ClN2O2/c1-3-5(2)11-7(12)4-6(9)10-8(11)13/h3-4H,1-2H2,(H,10,13). The van der Waals surface area contributed by atoms with Crippen molar-refractivity contribution < 1.29 is 0 Å². The highest BCUT2D eigenvalue weighted by Crippen LogP contribution is 1.97. The molecule has 1 N–H and O–H groups in total. The van der Waals surface area contributed by atoms with Gasteiger partial charge in [0.25, 0.3) is 5.56 Å². The predicted octanol–water partition coefficient (Wildman–Crippen LogP) is 0.847. The molecule has 1 aromatic rings. The maximum absolute atomic E-state index is 11.2. The molecular formula is C8H7ClN2O2. The van der Waals surface area contributed by atoms with E-state index in [9.17, 15) is 9.59 Å². The summed E-state index contributed by atoms with van der Waals surface area (Å²) in [6, 6.07) is 1.09. The summed E-state index contributed by atoms with van der Waals surface area (Å²) in [6.07, 6.45) is 1.31. The summed E-state index contributed by atoms with van der Waals surface area (Å²) in [4.78, 5) is 24.6. The SMILES string of the molecule is C=CC(=C)n1c(=O)cc(Cl)[nH]c1=O. The molecule has 0 saturated carbocycles. The van der Waals surface area contributed by atoms with Gasteiger partial charge in [-0.1, -0.05) is 24.8 Å². The Morgan fingerprint density at radius 1 is 1.62 bits per heavy atom. The van der Waals surface area contributed by atoms with E-state index in [1.54, 1.807) is 0 Å². The second-order valence-electron chi connectivity index (χ2n) is 2.29. The van der Waals surface area contributed by atoms with Gasteiger partial charge in [0, 0.05) is 11.8 Å². The number of allylic oxidation sites excluding steroid dienone is 2. The van der Waals surface area contributed by atoms with Crippen molar-refractivity contribution in [3.63, 3.8) is 0 Å². The first-order chi connectivity index (χ1) is 6.06. The average Bonchev–Trinajstić information content (AvgIpc) is 2.02. The van der Waals surface area contributed by atoms with Gasteiger partial charge in [-0.25, -0.2) is 9.36 Å². The Morgan fingerprint density at radius 3 is 2.69 bits per heavy atom. The molecule has 0 unspecified atom stereocenters. The second-order valence-corrected chi connectivity index (χ2v) is 2.70. The Hall–Kier alpha value is -1.55. The highest BCUT2D eigenvalue weighted by atomic mass is 35.5. The summed E-state index contributed by atoms with van der Waals surface area (Å²) in [5.41, 5.74) is -0.941. The van der Waals surface area contributed by atoms with Gasteiger partial charge in [-0.15, -0.1) is 0 Å². The highest BCUT2D eigenvalue weighted by Gasteiger charge is 2.03. The van der Waals surface area contributed by atoms with Gasteiger partial charge in [0.1, 0.15) is 5.15 Å². The fourth-order valence-corrected chi connectivity index (χ4v) is 1.00. The van der Waals surface area contributed by atoms with E-state index in [2.05, 4.69) is 18.1 Å². The van der Waals surface area contributed by atoms with Crippen LogP contribution >= 0.6 is 11.6 Å². The number of hydrogen-bond donors (Lipinski definition) is 1. The van der Waals surface area contributed by atoms with Crippen LogP contribution in [-0.2, 0) is 0 Å². The lowest BCUT2D eigenvalue weighted by atomic mass is 10.4. The van der Waals surface area contributed by atoms with Crippen molar-refractivity contribution in [3.8, 4) is 0 Å². The van der Waals surface area contributed by atoms with Crippen molar-refractivity contribution in [2.24, 2.45) is 0 Å². The maximum Gasteiger partial charge on any atom is 0.334 e. The fourth-order valence-electron chi connectivity index (χ4n) is 0.830. The third-order valence-electron chi connectivity index (χ3n) is 1.42. The Morgan fingerprint density at radius 2 is 2.23 bits per heavy atom. The molecule has 0 amide bonds. The number of aromatic amines is 1. The molecule has 0 saturated heterocycles. The third kappa shape index (κ3) is 1.78. The van der Waals surface area contributed by atoms with Crippen LogP contribution in [0.4, 0.5) is 0 Å². The number of aromatic nitrogens is 2. The molecular weight excluding hydrogens is 192 g/mol. The Kier molecular flexibility index (Phi) is 2.53. The third-order valence-corrected chi connectivity index (χ3v) is 1.63. The summed E-state index contributed by atoms with van der Waals surface area (Å²) >= 11 is 5.45. The minimum Gasteiger partial charge on any atom is -0.297 e. The van der Waals surface area contributed by atoms with Gasteiger partial charge < -0.3 is 0 Å². The monoisotopic (exact) mass is 198 g/mol. The lowest BCUT2D eigenvalue weighted by Crippen LogP contribution is -2.32. The molecule has 1 heterocycles. The molecule has 0 radical (unpaired) electrons. The summed E-state index contributed by atoms with van der Waals surface area (Å²) in [7, 11) is 0. The lowest BCUT2D eigenvalue weighted by Gasteiger charge is -2.01. The van der Waals surface area contributed by atoms with Crippen LogP contribution in [0, 0.1) is 0 Å². The van der Waals surface area contributed by atoms with Crippen molar-refractivity contribution in [2.45, 2.75) is 0 Å². The summed E-state index contributed by atoms with van der Waals surface area (Å²) in [5, 5.41) is 0.00288. The number of rotatable bonds is 2.